The number of nitrogens with zero attached hydrogens (tertiary/aromatic N) is 4. The third-order valence-electron chi connectivity index (χ3n) is 6.53. The number of aromatic amines is 1. The normalized spacial score (nSPS) is 17.4. The lowest BCUT2D eigenvalue weighted by Gasteiger charge is -2.35. The van der Waals surface area contributed by atoms with E-state index >= 15 is 0 Å². The number of benzene rings is 2. The number of anilines is 1. The Morgan fingerprint density at radius 1 is 1.20 bits per heavy atom. The monoisotopic (exact) mass is 503 g/mol. The van der Waals surface area contributed by atoms with Gasteiger partial charge in [-0.1, -0.05) is 43.3 Å². The number of hydrogen-bond acceptors (Lipinski definition) is 6. The van der Waals surface area contributed by atoms with Crippen molar-refractivity contribution in [1.29, 1.82) is 5.26 Å². The van der Waals surface area contributed by atoms with E-state index in [2.05, 4.69) is 27.9 Å². The van der Waals surface area contributed by atoms with Gasteiger partial charge in [0, 0.05) is 31.0 Å². The van der Waals surface area contributed by atoms with E-state index in [0.717, 1.165) is 22.5 Å². The van der Waals surface area contributed by atoms with Crippen LogP contribution in [0.5, 0.6) is 0 Å². The molecule has 7 nitrogen and oxygen atoms in total. The van der Waals surface area contributed by atoms with Gasteiger partial charge < -0.3 is 9.88 Å². The number of aromatic nitrogens is 2. The van der Waals surface area contributed by atoms with Crippen molar-refractivity contribution in [2.45, 2.75) is 36.2 Å². The van der Waals surface area contributed by atoms with Crippen molar-refractivity contribution in [3.63, 3.8) is 0 Å². The predicted octanol–water partition coefficient (Wildman–Crippen LogP) is 4.73. The van der Waals surface area contributed by atoms with Crippen molar-refractivity contribution < 1.29 is 8.42 Å². The highest BCUT2D eigenvalue weighted by Crippen LogP contribution is 2.37. The smallest absolute Gasteiger partial charge is 0.253 e. The van der Waals surface area contributed by atoms with Crippen molar-refractivity contribution in [3.8, 4) is 6.07 Å². The van der Waals surface area contributed by atoms with Gasteiger partial charge in [-0.2, -0.15) is 9.57 Å². The molecule has 35 heavy (non-hydrogen) atoms. The van der Waals surface area contributed by atoms with Gasteiger partial charge in [0.2, 0.25) is 0 Å². The Morgan fingerprint density at radius 3 is 2.71 bits per heavy atom. The van der Waals surface area contributed by atoms with E-state index in [4.69, 9.17) is 0 Å². The van der Waals surface area contributed by atoms with Crippen LogP contribution in [-0.2, 0) is 23.1 Å². The Morgan fingerprint density at radius 2 is 2.03 bits per heavy atom. The summed E-state index contributed by atoms with van der Waals surface area (Å²) in [7, 11) is -3.77. The van der Waals surface area contributed by atoms with Crippen LogP contribution in [0.4, 0.5) is 5.69 Å². The SMILES string of the molecule is C[C@H](c1ccccc1)[C@H]1CN(Cc2cnc[nH]2)c2ccc(C#N)cc2CN1S(=O)(=O)c1cccs1. The summed E-state index contributed by atoms with van der Waals surface area (Å²) in [6.45, 7) is 3.30. The zero-order valence-electron chi connectivity index (χ0n) is 19.2. The average Bonchev–Trinajstić information content (AvgIpc) is 3.58. The number of imidazole rings is 1. The van der Waals surface area contributed by atoms with Crippen molar-refractivity contribution in [2.24, 2.45) is 0 Å². The Hall–Kier alpha value is -3.45. The Bertz CT molecular complexity index is 1430. The van der Waals surface area contributed by atoms with Crippen LogP contribution in [0.3, 0.4) is 0 Å². The van der Waals surface area contributed by atoms with E-state index in [-0.39, 0.29) is 18.5 Å². The van der Waals surface area contributed by atoms with Gasteiger partial charge in [0.05, 0.1) is 30.2 Å². The molecule has 0 radical (unpaired) electrons. The van der Waals surface area contributed by atoms with E-state index in [1.165, 1.54) is 11.3 Å². The summed E-state index contributed by atoms with van der Waals surface area (Å²) in [5, 5.41) is 11.3. The molecule has 2 aromatic heterocycles. The quantitative estimate of drug-likeness (QED) is 0.411. The van der Waals surface area contributed by atoms with E-state index in [1.807, 2.05) is 42.5 Å². The molecule has 1 aliphatic rings. The molecule has 2 atom stereocenters. The molecule has 0 amide bonds. The van der Waals surface area contributed by atoms with Crippen molar-refractivity contribution in [1.82, 2.24) is 14.3 Å². The second-order valence-electron chi connectivity index (χ2n) is 8.66. The van der Waals surface area contributed by atoms with E-state index in [1.54, 1.807) is 40.4 Å². The zero-order chi connectivity index (χ0) is 24.4. The molecule has 178 valence electrons. The van der Waals surface area contributed by atoms with Gasteiger partial charge in [-0.3, -0.25) is 0 Å². The van der Waals surface area contributed by atoms with Gasteiger partial charge in [-0.25, -0.2) is 13.4 Å². The Balaban J connectivity index is 1.65. The highest BCUT2D eigenvalue weighted by molar-refractivity contribution is 7.91. The van der Waals surface area contributed by atoms with Crippen molar-refractivity contribution in [2.75, 3.05) is 11.4 Å². The molecule has 0 aliphatic carbocycles. The highest BCUT2D eigenvalue weighted by Gasteiger charge is 2.40. The lowest BCUT2D eigenvalue weighted by atomic mass is 9.93. The van der Waals surface area contributed by atoms with Crippen LogP contribution < -0.4 is 4.90 Å². The van der Waals surface area contributed by atoms with Gasteiger partial charge in [0.25, 0.3) is 10.0 Å². The van der Waals surface area contributed by atoms with E-state index < -0.39 is 10.0 Å². The summed E-state index contributed by atoms with van der Waals surface area (Å²) in [5.74, 6) is -0.0695. The summed E-state index contributed by atoms with van der Waals surface area (Å²) in [6, 6.07) is 20.8. The third kappa shape index (κ3) is 4.60. The molecule has 0 unspecified atom stereocenters. The molecule has 3 heterocycles. The summed E-state index contributed by atoms with van der Waals surface area (Å²) >= 11 is 1.22. The standard InChI is InChI=1S/C26H25N5O2S2/c1-19(21-6-3-2-4-7-21)25-17-30(16-23-14-28-18-29-23)24-10-9-20(13-27)12-22(24)15-31(25)35(32,33)26-8-5-11-34-26/h2-12,14,18-19,25H,15-17H2,1H3,(H,28,29)/t19-,25-/m1/s1. The van der Waals surface area contributed by atoms with Crippen LogP contribution in [0, 0.1) is 11.3 Å². The minimum atomic E-state index is -3.77. The van der Waals surface area contributed by atoms with Crippen molar-refractivity contribution in [3.05, 3.63) is 101 Å². The molecule has 0 spiro atoms. The minimum absolute atomic E-state index is 0.0695. The summed E-state index contributed by atoms with van der Waals surface area (Å²) in [4.78, 5) is 9.51. The van der Waals surface area contributed by atoms with Crippen LogP contribution in [0.1, 0.15) is 35.2 Å². The minimum Gasteiger partial charge on any atom is -0.364 e. The number of hydrogen-bond donors (Lipinski definition) is 1. The molecule has 1 N–H and O–H groups in total. The molecule has 5 rings (SSSR count). The number of rotatable bonds is 6. The molecule has 1 aliphatic heterocycles. The van der Waals surface area contributed by atoms with Gasteiger partial charge in [-0.05, 0) is 46.7 Å². The average molecular weight is 504 g/mol. The first-order valence-electron chi connectivity index (χ1n) is 11.3. The Labute approximate surface area is 209 Å². The highest BCUT2D eigenvalue weighted by atomic mass is 32.2. The first kappa shape index (κ1) is 23.3. The first-order chi connectivity index (χ1) is 17.0. The zero-order valence-corrected chi connectivity index (χ0v) is 20.8. The molecule has 0 saturated carbocycles. The van der Waals surface area contributed by atoms with Crippen LogP contribution >= 0.6 is 11.3 Å². The molecule has 2 aromatic carbocycles. The summed E-state index contributed by atoms with van der Waals surface area (Å²) in [6.07, 6.45) is 3.43. The van der Waals surface area contributed by atoms with Crippen molar-refractivity contribution >= 4 is 27.0 Å². The number of fused-ring (bicyclic) bond motifs is 1. The van der Waals surface area contributed by atoms with Crippen LogP contribution in [0.15, 0.2) is 82.8 Å². The van der Waals surface area contributed by atoms with Gasteiger partial charge in [0.15, 0.2) is 0 Å². The number of nitriles is 1. The number of H-pyrrole nitrogens is 1. The molecule has 0 saturated heterocycles. The fraction of sp³-hybridized carbons (Fsp3) is 0.231. The Kier molecular flexibility index (Phi) is 6.43. The fourth-order valence-corrected chi connectivity index (χ4v) is 7.48. The second kappa shape index (κ2) is 9.66. The topological polar surface area (TPSA) is 93.1 Å². The maximum absolute atomic E-state index is 14.0. The molecule has 0 fully saturated rings. The van der Waals surface area contributed by atoms with E-state index in [9.17, 15) is 13.7 Å². The van der Waals surface area contributed by atoms with Crippen LogP contribution in [0.2, 0.25) is 0 Å². The summed E-state index contributed by atoms with van der Waals surface area (Å²) in [5.41, 5.74) is 4.25. The maximum Gasteiger partial charge on any atom is 0.253 e. The fourth-order valence-electron chi connectivity index (χ4n) is 4.69. The lowest BCUT2D eigenvalue weighted by molar-refractivity contribution is 0.288. The predicted molar refractivity (Wildman–Crippen MR) is 136 cm³/mol. The number of sulfonamides is 1. The van der Waals surface area contributed by atoms with E-state index in [0.29, 0.717) is 22.9 Å². The van der Waals surface area contributed by atoms with Crippen LogP contribution in [0.25, 0.3) is 0 Å². The number of thiophene rings is 1. The third-order valence-corrected chi connectivity index (χ3v) is 9.77. The lowest BCUT2D eigenvalue weighted by Crippen LogP contribution is -2.47. The molecular weight excluding hydrogens is 478 g/mol. The van der Waals surface area contributed by atoms with Gasteiger partial charge >= 0.3 is 0 Å². The molecular formula is C26H25N5O2S2. The maximum atomic E-state index is 14.0. The van der Waals surface area contributed by atoms with Gasteiger partial charge in [-0.15, -0.1) is 11.3 Å². The van der Waals surface area contributed by atoms with Crippen LogP contribution in [-0.4, -0.2) is 35.3 Å². The second-order valence-corrected chi connectivity index (χ2v) is 11.7. The van der Waals surface area contributed by atoms with Gasteiger partial charge in [0.1, 0.15) is 4.21 Å². The number of nitrogens with one attached hydrogen (secondary N) is 1. The molecule has 9 heteroatoms. The molecule has 4 aromatic rings. The largest absolute Gasteiger partial charge is 0.364 e. The first-order valence-corrected chi connectivity index (χ1v) is 13.6. The molecule has 0 bridgehead atoms. The summed E-state index contributed by atoms with van der Waals surface area (Å²) < 4.78 is 29.9.